The van der Waals surface area contributed by atoms with Gasteiger partial charge in [-0.1, -0.05) is 12.1 Å². The standard InChI is InChI=1S/C8H5NO2.C4H8O2/c10-7-5-3-1-2-4-6(5)9-8(7)11;1-4(6)2-3-5/h1-4H,(H,9,10,11);3-4,6H,2H2,1H3. The number of anilines is 1. The van der Waals surface area contributed by atoms with Crippen LogP contribution in [0.3, 0.4) is 0 Å². The predicted molar refractivity (Wildman–Crippen MR) is 61.8 cm³/mol. The van der Waals surface area contributed by atoms with Crippen molar-refractivity contribution in [3.8, 4) is 0 Å². The van der Waals surface area contributed by atoms with Crippen molar-refractivity contribution in [3.63, 3.8) is 0 Å². The van der Waals surface area contributed by atoms with E-state index in [4.69, 9.17) is 5.11 Å². The number of fused-ring (bicyclic) bond motifs is 1. The Bertz CT molecular complexity index is 440. The Kier molecular flexibility index (Phi) is 4.54. The lowest BCUT2D eigenvalue weighted by molar-refractivity contribution is -0.112. The van der Waals surface area contributed by atoms with Crippen LogP contribution in [0, 0.1) is 0 Å². The summed E-state index contributed by atoms with van der Waals surface area (Å²) in [7, 11) is 0. The van der Waals surface area contributed by atoms with Gasteiger partial charge in [0, 0.05) is 6.42 Å². The van der Waals surface area contributed by atoms with Gasteiger partial charge in [0.2, 0.25) is 0 Å². The fourth-order valence-electron chi connectivity index (χ4n) is 1.23. The third-order valence-corrected chi connectivity index (χ3v) is 2.06. The smallest absolute Gasteiger partial charge is 0.296 e. The van der Waals surface area contributed by atoms with Crippen LogP contribution in [-0.2, 0) is 9.59 Å². The lowest BCUT2D eigenvalue weighted by Gasteiger charge is -1.91. The van der Waals surface area contributed by atoms with Gasteiger partial charge in [-0.2, -0.15) is 0 Å². The van der Waals surface area contributed by atoms with E-state index in [1.807, 2.05) is 0 Å². The molecule has 0 aliphatic carbocycles. The summed E-state index contributed by atoms with van der Waals surface area (Å²) in [4.78, 5) is 31.2. The fraction of sp³-hybridized carbons (Fsp3) is 0.250. The average Bonchev–Trinajstić information content (AvgIpc) is 2.56. The van der Waals surface area contributed by atoms with Gasteiger partial charge in [0.05, 0.1) is 17.4 Å². The second kappa shape index (κ2) is 5.91. The first-order valence-corrected chi connectivity index (χ1v) is 5.12. The summed E-state index contributed by atoms with van der Waals surface area (Å²) >= 11 is 0. The van der Waals surface area contributed by atoms with Gasteiger partial charge in [0.15, 0.2) is 0 Å². The number of aliphatic hydroxyl groups excluding tert-OH is 1. The SMILES string of the molecule is CC(O)CC=O.O=C1Nc2ccccc2C1=O. The van der Waals surface area contributed by atoms with Crippen molar-refractivity contribution in [2.75, 3.05) is 5.32 Å². The number of aliphatic hydroxyl groups is 1. The van der Waals surface area contributed by atoms with Gasteiger partial charge in [0.25, 0.3) is 11.7 Å². The molecule has 1 unspecified atom stereocenters. The lowest BCUT2D eigenvalue weighted by atomic mass is 10.1. The van der Waals surface area contributed by atoms with Crippen LogP contribution in [-0.4, -0.2) is 29.2 Å². The van der Waals surface area contributed by atoms with Crippen LogP contribution in [0.5, 0.6) is 0 Å². The Hall–Kier alpha value is -2.01. The number of para-hydroxylation sites is 1. The normalized spacial score (nSPS) is 14.2. The summed E-state index contributed by atoms with van der Waals surface area (Å²) in [6, 6.07) is 6.85. The third-order valence-electron chi connectivity index (χ3n) is 2.06. The number of carbonyl (C=O) groups excluding carboxylic acids is 3. The number of carbonyl (C=O) groups is 3. The van der Waals surface area contributed by atoms with Gasteiger partial charge in [-0.05, 0) is 19.1 Å². The number of amides is 1. The number of hydrogen-bond acceptors (Lipinski definition) is 4. The summed E-state index contributed by atoms with van der Waals surface area (Å²) in [6.07, 6.45) is 0.479. The largest absolute Gasteiger partial charge is 0.393 e. The predicted octanol–water partition coefficient (Wildman–Crippen LogP) is 0.778. The highest BCUT2D eigenvalue weighted by Gasteiger charge is 2.26. The molecule has 5 heteroatoms. The number of benzene rings is 1. The van der Waals surface area contributed by atoms with E-state index in [1.165, 1.54) is 0 Å². The molecule has 90 valence electrons. The van der Waals surface area contributed by atoms with Crippen LogP contribution in [0.1, 0.15) is 23.7 Å². The molecule has 1 aromatic rings. The molecule has 5 nitrogen and oxygen atoms in total. The zero-order valence-corrected chi connectivity index (χ0v) is 9.34. The molecule has 1 aliphatic rings. The van der Waals surface area contributed by atoms with Crippen LogP contribution in [0.15, 0.2) is 24.3 Å². The van der Waals surface area contributed by atoms with Gasteiger partial charge in [-0.15, -0.1) is 0 Å². The molecule has 1 heterocycles. The Morgan fingerprint density at radius 2 is 2.00 bits per heavy atom. The molecule has 0 radical (unpaired) electrons. The summed E-state index contributed by atoms with van der Waals surface area (Å²) in [5.74, 6) is -0.980. The average molecular weight is 235 g/mol. The van der Waals surface area contributed by atoms with Crippen LogP contribution < -0.4 is 5.32 Å². The van der Waals surface area contributed by atoms with Crippen LogP contribution in [0.25, 0.3) is 0 Å². The highest BCUT2D eigenvalue weighted by molar-refractivity contribution is 6.51. The van der Waals surface area contributed by atoms with Gasteiger partial charge in [-0.25, -0.2) is 0 Å². The minimum atomic E-state index is -0.536. The zero-order valence-electron chi connectivity index (χ0n) is 9.34. The van der Waals surface area contributed by atoms with Crippen molar-refractivity contribution in [1.82, 2.24) is 0 Å². The van der Waals surface area contributed by atoms with Crippen LogP contribution >= 0.6 is 0 Å². The van der Waals surface area contributed by atoms with E-state index < -0.39 is 17.8 Å². The van der Waals surface area contributed by atoms with Crippen molar-refractivity contribution in [2.24, 2.45) is 0 Å². The number of nitrogens with one attached hydrogen (secondary N) is 1. The molecule has 0 saturated heterocycles. The Morgan fingerprint density at radius 3 is 2.47 bits per heavy atom. The molecule has 0 bridgehead atoms. The first kappa shape index (κ1) is 13.1. The number of ketones is 1. The molecule has 1 aliphatic heterocycles. The summed E-state index contributed by atoms with van der Waals surface area (Å²) in [5.41, 5.74) is 1.08. The van der Waals surface area contributed by atoms with Crippen LogP contribution in [0.2, 0.25) is 0 Å². The van der Waals surface area contributed by atoms with Crippen molar-refractivity contribution >= 4 is 23.7 Å². The van der Waals surface area contributed by atoms with E-state index in [0.29, 0.717) is 17.5 Å². The molecule has 1 amide bonds. The Balaban J connectivity index is 0.000000209. The minimum Gasteiger partial charge on any atom is -0.393 e. The maximum absolute atomic E-state index is 11.0. The molecule has 0 spiro atoms. The van der Waals surface area contributed by atoms with E-state index in [9.17, 15) is 14.4 Å². The van der Waals surface area contributed by atoms with Crippen LogP contribution in [0.4, 0.5) is 5.69 Å². The third kappa shape index (κ3) is 3.49. The second-order valence-corrected chi connectivity index (χ2v) is 3.58. The summed E-state index contributed by atoms with van der Waals surface area (Å²) in [5, 5.41) is 10.8. The van der Waals surface area contributed by atoms with Crippen molar-refractivity contribution in [1.29, 1.82) is 0 Å². The molecule has 0 saturated carbocycles. The monoisotopic (exact) mass is 235 g/mol. The Labute approximate surface area is 98.4 Å². The maximum atomic E-state index is 11.0. The molecular formula is C12H13NO4. The van der Waals surface area contributed by atoms with Gasteiger partial charge < -0.3 is 15.2 Å². The van der Waals surface area contributed by atoms with E-state index in [0.717, 1.165) is 0 Å². The molecule has 17 heavy (non-hydrogen) atoms. The first-order chi connectivity index (χ1) is 8.06. The van der Waals surface area contributed by atoms with Crippen molar-refractivity contribution < 1.29 is 19.5 Å². The zero-order chi connectivity index (χ0) is 12.8. The highest BCUT2D eigenvalue weighted by atomic mass is 16.3. The second-order valence-electron chi connectivity index (χ2n) is 3.58. The number of Topliss-reactive ketones (excluding diaryl/α,β-unsaturated/α-hetero) is 1. The molecule has 2 rings (SSSR count). The van der Waals surface area contributed by atoms with Crippen molar-refractivity contribution in [2.45, 2.75) is 19.4 Å². The van der Waals surface area contributed by atoms with Gasteiger partial charge in [0.1, 0.15) is 6.29 Å². The maximum Gasteiger partial charge on any atom is 0.296 e. The fourth-order valence-corrected chi connectivity index (χ4v) is 1.23. The molecule has 1 aromatic carbocycles. The number of hydrogen-bond donors (Lipinski definition) is 2. The van der Waals surface area contributed by atoms with E-state index in [-0.39, 0.29) is 6.42 Å². The van der Waals surface area contributed by atoms with Gasteiger partial charge >= 0.3 is 0 Å². The summed E-state index contributed by atoms with van der Waals surface area (Å²) in [6.45, 7) is 1.58. The lowest BCUT2D eigenvalue weighted by Crippen LogP contribution is -2.12. The molecule has 0 fully saturated rings. The highest BCUT2D eigenvalue weighted by Crippen LogP contribution is 2.21. The molecule has 1 atom stereocenters. The topological polar surface area (TPSA) is 83.5 Å². The quantitative estimate of drug-likeness (QED) is 0.586. The summed E-state index contributed by atoms with van der Waals surface area (Å²) < 4.78 is 0. The van der Waals surface area contributed by atoms with E-state index >= 15 is 0 Å². The van der Waals surface area contributed by atoms with Gasteiger partial charge in [-0.3, -0.25) is 9.59 Å². The Morgan fingerprint density at radius 1 is 1.35 bits per heavy atom. The van der Waals surface area contributed by atoms with Crippen molar-refractivity contribution in [3.05, 3.63) is 29.8 Å². The molecule has 0 aromatic heterocycles. The van der Waals surface area contributed by atoms with E-state index in [2.05, 4.69) is 5.32 Å². The number of rotatable bonds is 2. The minimum absolute atomic E-state index is 0.250. The molecular weight excluding hydrogens is 222 g/mol. The first-order valence-electron chi connectivity index (χ1n) is 5.12. The number of aldehydes is 1. The van der Waals surface area contributed by atoms with E-state index in [1.54, 1.807) is 31.2 Å². The molecule has 2 N–H and O–H groups in total.